The van der Waals surface area contributed by atoms with Crippen LogP contribution >= 0.6 is 39.1 Å². The molecule has 0 saturated carbocycles. The second kappa shape index (κ2) is 10.9. The monoisotopic (exact) mass is 500 g/mol. The van der Waals surface area contributed by atoms with Crippen LogP contribution in [0.5, 0.6) is 5.75 Å². The largest absolute Gasteiger partial charge is 0.484 e. The minimum Gasteiger partial charge on any atom is -0.484 e. The summed E-state index contributed by atoms with van der Waals surface area (Å²) in [7, 11) is 0. The van der Waals surface area contributed by atoms with Gasteiger partial charge in [-0.05, 0) is 57.2 Å². The molecule has 2 aromatic carbocycles. The molecule has 0 saturated heterocycles. The maximum Gasteiger partial charge on any atom is 0.261 e. The molecule has 8 heteroatoms. The standard InChI is InChI=1S/C21H23BrCl2N2O3/c1-13(2)25-21(28)14(3)26(11-17-18(23)5-4-6-19(17)24)20(27)12-29-16-9-7-15(22)8-10-16/h4-10,13-14H,11-12H2,1-3H3,(H,25,28). The van der Waals surface area contributed by atoms with Crippen LogP contribution in [0.3, 0.4) is 0 Å². The second-order valence-corrected chi connectivity index (χ2v) is 8.53. The number of hydrogen-bond acceptors (Lipinski definition) is 3. The number of halogens is 3. The summed E-state index contributed by atoms with van der Waals surface area (Å²) in [6, 6.07) is 11.5. The van der Waals surface area contributed by atoms with Crippen molar-refractivity contribution in [1.29, 1.82) is 0 Å². The van der Waals surface area contributed by atoms with Gasteiger partial charge in [0.2, 0.25) is 5.91 Å². The first-order valence-electron chi connectivity index (χ1n) is 9.10. The number of hydrogen-bond donors (Lipinski definition) is 1. The first-order chi connectivity index (χ1) is 13.7. The van der Waals surface area contributed by atoms with Gasteiger partial charge in [0, 0.05) is 32.7 Å². The Balaban J connectivity index is 2.21. The average molecular weight is 502 g/mol. The SMILES string of the molecule is CC(C)NC(=O)C(C)N(Cc1c(Cl)cccc1Cl)C(=O)COc1ccc(Br)cc1. The Hall–Kier alpha value is -1.76. The summed E-state index contributed by atoms with van der Waals surface area (Å²) in [5.41, 5.74) is 0.581. The van der Waals surface area contributed by atoms with E-state index in [4.69, 9.17) is 27.9 Å². The second-order valence-electron chi connectivity index (χ2n) is 6.80. The topological polar surface area (TPSA) is 58.6 Å². The summed E-state index contributed by atoms with van der Waals surface area (Å²) in [5, 5.41) is 3.69. The van der Waals surface area contributed by atoms with Gasteiger partial charge in [0.05, 0.1) is 0 Å². The van der Waals surface area contributed by atoms with E-state index in [-0.39, 0.29) is 31.0 Å². The Morgan fingerprint density at radius 3 is 2.21 bits per heavy atom. The van der Waals surface area contributed by atoms with Crippen LogP contribution in [0.15, 0.2) is 46.9 Å². The van der Waals surface area contributed by atoms with E-state index in [9.17, 15) is 9.59 Å². The zero-order valence-electron chi connectivity index (χ0n) is 16.4. The third kappa shape index (κ3) is 6.91. The van der Waals surface area contributed by atoms with Gasteiger partial charge in [-0.25, -0.2) is 0 Å². The van der Waals surface area contributed by atoms with Gasteiger partial charge >= 0.3 is 0 Å². The lowest BCUT2D eigenvalue weighted by atomic mass is 10.1. The van der Waals surface area contributed by atoms with E-state index in [2.05, 4.69) is 21.2 Å². The molecule has 2 aromatic rings. The lowest BCUT2D eigenvalue weighted by Gasteiger charge is -2.30. The minimum absolute atomic E-state index is 0.0511. The Morgan fingerprint density at radius 1 is 1.07 bits per heavy atom. The molecular formula is C21H23BrCl2N2O3. The number of amides is 2. The zero-order chi connectivity index (χ0) is 21.6. The fourth-order valence-electron chi connectivity index (χ4n) is 2.60. The minimum atomic E-state index is -0.731. The van der Waals surface area contributed by atoms with E-state index in [0.717, 1.165) is 4.47 Å². The summed E-state index contributed by atoms with van der Waals surface area (Å²) in [6.07, 6.45) is 0. The summed E-state index contributed by atoms with van der Waals surface area (Å²) in [6.45, 7) is 5.26. The number of rotatable bonds is 8. The number of carbonyl (C=O) groups excluding carboxylic acids is 2. The van der Waals surface area contributed by atoms with Crippen LogP contribution in [0.1, 0.15) is 26.3 Å². The lowest BCUT2D eigenvalue weighted by molar-refractivity contribution is -0.142. The van der Waals surface area contributed by atoms with Gasteiger partial charge in [0.25, 0.3) is 5.91 Å². The molecule has 0 heterocycles. The highest BCUT2D eigenvalue weighted by Crippen LogP contribution is 2.26. The number of ether oxygens (including phenoxy) is 1. The molecule has 29 heavy (non-hydrogen) atoms. The summed E-state index contributed by atoms with van der Waals surface area (Å²) in [5.74, 6) is -0.0629. The number of carbonyl (C=O) groups is 2. The van der Waals surface area contributed by atoms with Crippen molar-refractivity contribution < 1.29 is 14.3 Å². The molecule has 2 rings (SSSR count). The van der Waals surface area contributed by atoms with Crippen molar-refractivity contribution >= 4 is 50.9 Å². The predicted molar refractivity (Wildman–Crippen MR) is 119 cm³/mol. The van der Waals surface area contributed by atoms with Crippen LogP contribution in [0.4, 0.5) is 0 Å². The summed E-state index contributed by atoms with van der Waals surface area (Å²) in [4.78, 5) is 26.9. The van der Waals surface area contributed by atoms with Gasteiger partial charge in [0.15, 0.2) is 6.61 Å². The molecule has 0 aliphatic carbocycles. The highest BCUT2D eigenvalue weighted by Gasteiger charge is 2.28. The Morgan fingerprint density at radius 2 is 1.66 bits per heavy atom. The van der Waals surface area contributed by atoms with E-state index >= 15 is 0 Å². The first kappa shape index (κ1) is 23.5. The van der Waals surface area contributed by atoms with Crippen molar-refractivity contribution in [2.75, 3.05) is 6.61 Å². The number of nitrogens with zero attached hydrogens (tertiary/aromatic N) is 1. The zero-order valence-corrected chi connectivity index (χ0v) is 19.5. The molecule has 1 N–H and O–H groups in total. The normalized spacial score (nSPS) is 11.8. The molecule has 1 unspecified atom stereocenters. The highest BCUT2D eigenvalue weighted by molar-refractivity contribution is 9.10. The molecule has 0 fully saturated rings. The Kier molecular flexibility index (Phi) is 8.80. The highest BCUT2D eigenvalue weighted by atomic mass is 79.9. The number of benzene rings is 2. The van der Waals surface area contributed by atoms with Gasteiger partial charge < -0.3 is 15.0 Å². The molecule has 0 spiro atoms. The Bertz CT molecular complexity index is 839. The molecular weight excluding hydrogens is 479 g/mol. The van der Waals surface area contributed by atoms with Crippen LogP contribution in [0.25, 0.3) is 0 Å². The third-order valence-electron chi connectivity index (χ3n) is 4.16. The molecule has 156 valence electrons. The molecule has 0 aliphatic rings. The predicted octanol–water partition coefficient (Wildman–Crippen LogP) is 5.08. The van der Waals surface area contributed by atoms with Gasteiger partial charge in [0.1, 0.15) is 11.8 Å². The van der Waals surface area contributed by atoms with Crippen LogP contribution < -0.4 is 10.1 Å². The summed E-state index contributed by atoms with van der Waals surface area (Å²) < 4.78 is 6.51. The van der Waals surface area contributed by atoms with Crippen molar-refractivity contribution in [3.63, 3.8) is 0 Å². The van der Waals surface area contributed by atoms with Gasteiger partial charge in [-0.1, -0.05) is 45.2 Å². The quantitative estimate of drug-likeness (QED) is 0.548. The maximum absolute atomic E-state index is 13.0. The molecule has 1 atom stereocenters. The Labute approximate surface area is 189 Å². The van der Waals surface area contributed by atoms with E-state index in [1.54, 1.807) is 37.3 Å². The molecule has 2 amide bonds. The van der Waals surface area contributed by atoms with Crippen molar-refractivity contribution in [3.05, 3.63) is 62.5 Å². The van der Waals surface area contributed by atoms with E-state index < -0.39 is 6.04 Å². The van der Waals surface area contributed by atoms with Crippen LogP contribution in [0, 0.1) is 0 Å². The molecule has 0 aromatic heterocycles. The van der Waals surface area contributed by atoms with Crippen LogP contribution in [-0.2, 0) is 16.1 Å². The van der Waals surface area contributed by atoms with Gasteiger partial charge in [-0.3, -0.25) is 9.59 Å². The first-order valence-corrected chi connectivity index (χ1v) is 10.6. The lowest BCUT2D eigenvalue weighted by Crippen LogP contribution is -2.50. The van der Waals surface area contributed by atoms with Crippen LogP contribution in [0.2, 0.25) is 10.0 Å². The van der Waals surface area contributed by atoms with Crippen molar-refractivity contribution in [2.45, 2.75) is 39.4 Å². The maximum atomic E-state index is 13.0. The van der Waals surface area contributed by atoms with Gasteiger partial charge in [-0.2, -0.15) is 0 Å². The van der Waals surface area contributed by atoms with Gasteiger partial charge in [-0.15, -0.1) is 0 Å². The third-order valence-corrected chi connectivity index (χ3v) is 5.40. The van der Waals surface area contributed by atoms with Crippen molar-refractivity contribution in [3.8, 4) is 5.75 Å². The molecule has 5 nitrogen and oxygen atoms in total. The molecule has 0 radical (unpaired) electrons. The van der Waals surface area contributed by atoms with Crippen molar-refractivity contribution in [2.24, 2.45) is 0 Å². The smallest absolute Gasteiger partial charge is 0.261 e. The van der Waals surface area contributed by atoms with E-state index in [1.807, 2.05) is 26.0 Å². The number of nitrogens with one attached hydrogen (secondary N) is 1. The van der Waals surface area contributed by atoms with Crippen LogP contribution in [-0.4, -0.2) is 35.4 Å². The fourth-order valence-corrected chi connectivity index (χ4v) is 3.38. The molecule has 0 bridgehead atoms. The average Bonchev–Trinajstić information content (AvgIpc) is 2.66. The van der Waals surface area contributed by atoms with E-state index in [1.165, 1.54) is 4.90 Å². The van der Waals surface area contributed by atoms with E-state index in [0.29, 0.717) is 21.4 Å². The molecule has 0 aliphatic heterocycles. The fraction of sp³-hybridized carbons (Fsp3) is 0.333. The summed E-state index contributed by atoms with van der Waals surface area (Å²) >= 11 is 15.9. The van der Waals surface area contributed by atoms with Crippen molar-refractivity contribution in [1.82, 2.24) is 10.2 Å².